The fourth-order valence-electron chi connectivity index (χ4n) is 5.19. The van der Waals surface area contributed by atoms with Crippen molar-refractivity contribution in [2.24, 2.45) is 0 Å². The number of fused-ring (bicyclic) bond motifs is 2. The summed E-state index contributed by atoms with van der Waals surface area (Å²) in [7, 11) is 0. The van der Waals surface area contributed by atoms with Gasteiger partial charge < -0.3 is 4.98 Å². The molecule has 0 spiro atoms. The Kier molecular flexibility index (Phi) is 5.60. The maximum atomic E-state index is 11.8. The highest BCUT2D eigenvalue weighted by atomic mass is 32.1. The molecule has 0 atom stereocenters. The second kappa shape index (κ2) is 9.27. The fourth-order valence-corrected chi connectivity index (χ4v) is 6.09. The van der Waals surface area contributed by atoms with Crippen molar-refractivity contribution in [3.05, 3.63) is 71.5 Å². The zero-order chi connectivity index (χ0) is 25.6. The molecule has 0 radical (unpaired) electrons. The van der Waals surface area contributed by atoms with Crippen molar-refractivity contribution in [2.45, 2.75) is 26.3 Å². The Labute approximate surface area is 222 Å². The van der Waals surface area contributed by atoms with E-state index in [0.717, 1.165) is 69.0 Å². The molecule has 6 aromatic rings. The lowest BCUT2D eigenvalue weighted by Gasteiger charge is -2.14. The van der Waals surface area contributed by atoms with Crippen molar-refractivity contribution < 1.29 is 4.79 Å². The van der Waals surface area contributed by atoms with Crippen molar-refractivity contribution in [1.29, 1.82) is 0 Å². The van der Waals surface area contributed by atoms with Gasteiger partial charge in [0.15, 0.2) is 11.6 Å². The number of imidazole rings is 1. The Bertz CT molecular complexity index is 1810. The molecule has 0 amide bonds. The predicted molar refractivity (Wildman–Crippen MR) is 150 cm³/mol. The average molecular weight is 520 g/mol. The first-order chi connectivity index (χ1) is 18.6. The van der Waals surface area contributed by atoms with E-state index >= 15 is 0 Å². The highest BCUT2D eigenvalue weighted by Gasteiger charge is 2.18. The van der Waals surface area contributed by atoms with E-state index in [0.29, 0.717) is 10.7 Å². The summed E-state index contributed by atoms with van der Waals surface area (Å²) in [6, 6.07) is 14.2. The number of Topliss-reactive ketones (excluding diaryl/α,β-unsaturated/α-hetero) is 1. The number of benzene rings is 1. The van der Waals surface area contributed by atoms with Crippen LogP contribution in [-0.4, -0.2) is 53.9 Å². The first-order valence-electron chi connectivity index (χ1n) is 12.7. The van der Waals surface area contributed by atoms with Crippen molar-refractivity contribution in [1.82, 2.24) is 35.0 Å². The number of aromatic amines is 2. The highest BCUT2D eigenvalue weighted by molar-refractivity contribution is 7.17. The lowest BCUT2D eigenvalue weighted by Crippen LogP contribution is -2.18. The third kappa shape index (κ3) is 4.09. The fraction of sp³-hybridized carbons (Fsp3) is 0.207. The van der Waals surface area contributed by atoms with E-state index in [2.05, 4.69) is 54.3 Å². The molecule has 0 unspecified atom stereocenters. The summed E-state index contributed by atoms with van der Waals surface area (Å²) in [6.07, 6.45) is 8.20. The number of thiophene rings is 1. The van der Waals surface area contributed by atoms with E-state index in [1.54, 1.807) is 13.1 Å². The van der Waals surface area contributed by atoms with Gasteiger partial charge in [-0.25, -0.2) is 4.98 Å². The number of hydrogen-bond acceptors (Lipinski definition) is 7. The third-order valence-corrected chi connectivity index (χ3v) is 8.30. The topological polar surface area (TPSA) is 103 Å². The molecule has 1 aliphatic heterocycles. The van der Waals surface area contributed by atoms with Crippen LogP contribution >= 0.6 is 11.3 Å². The minimum Gasteiger partial charge on any atom is -0.336 e. The maximum Gasteiger partial charge on any atom is 0.169 e. The molecular formula is C29H25N7OS. The zero-order valence-corrected chi connectivity index (χ0v) is 21.7. The first kappa shape index (κ1) is 22.9. The Hall–Kier alpha value is -4.21. The monoisotopic (exact) mass is 519 g/mol. The van der Waals surface area contributed by atoms with Crippen LogP contribution in [0.3, 0.4) is 0 Å². The van der Waals surface area contributed by atoms with E-state index in [9.17, 15) is 4.79 Å². The summed E-state index contributed by atoms with van der Waals surface area (Å²) >= 11 is 1.43. The Morgan fingerprint density at radius 3 is 2.74 bits per heavy atom. The smallest absolute Gasteiger partial charge is 0.169 e. The average Bonchev–Trinajstić information content (AvgIpc) is 3.74. The van der Waals surface area contributed by atoms with Gasteiger partial charge in [-0.05, 0) is 80.4 Å². The van der Waals surface area contributed by atoms with Gasteiger partial charge in [-0.1, -0.05) is 6.07 Å². The summed E-state index contributed by atoms with van der Waals surface area (Å²) in [5.41, 5.74) is 7.48. The minimum absolute atomic E-state index is 0.0479. The van der Waals surface area contributed by atoms with E-state index in [-0.39, 0.29) is 5.78 Å². The normalized spacial score (nSPS) is 14.1. The van der Waals surface area contributed by atoms with Gasteiger partial charge in [0.25, 0.3) is 0 Å². The third-order valence-electron chi connectivity index (χ3n) is 7.11. The van der Waals surface area contributed by atoms with Crippen LogP contribution < -0.4 is 0 Å². The number of pyridine rings is 2. The summed E-state index contributed by atoms with van der Waals surface area (Å²) in [5, 5.41) is 8.74. The number of nitrogens with zero attached hydrogens (tertiary/aromatic N) is 5. The zero-order valence-electron chi connectivity index (χ0n) is 20.9. The summed E-state index contributed by atoms with van der Waals surface area (Å²) in [5.74, 6) is 0.716. The van der Waals surface area contributed by atoms with Crippen LogP contribution in [0.1, 0.15) is 35.0 Å². The highest BCUT2D eigenvalue weighted by Crippen LogP contribution is 2.34. The van der Waals surface area contributed by atoms with Crippen molar-refractivity contribution in [3.8, 4) is 33.2 Å². The maximum absolute atomic E-state index is 11.8. The van der Waals surface area contributed by atoms with Crippen molar-refractivity contribution in [3.63, 3.8) is 0 Å². The Morgan fingerprint density at radius 2 is 1.89 bits per heavy atom. The van der Waals surface area contributed by atoms with Crippen molar-refractivity contribution >= 4 is 39.1 Å². The molecule has 2 N–H and O–H groups in total. The quantitative estimate of drug-likeness (QED) is 0.258. The first-order valence-corrected chi connectivity index (χ1v) is 13.5. The molecule has 8 nitrogen and oxygen atoms in total. The van der Waals surface area contributed by atoms with Gasteiger partial charge in [0, 0.05) is 36.1 Å². The van der Waals surface area contributed by atoms with Gasteiger partial charge in [0.1, 0.15) is 16.9 Å². The number of carbonyl (C=O) groups excluding carboxylic acids is 1. The second-order valence-electron chi connectivity index (χ2n) is 9.76. The molecule has 6 heterocycles. The summed E-state index contributed by atoms with van der Waals surface area (Å²) < 4.78 is 0. The van der Waals surface area contributed by atoms with Gasteiger partial charge in [0.05, 0.1) is 20.8 Å². The van der Waals surface area contributed by atoms with Crippen LogP contribution in [0.5, 0.6) is 0 Å². The summed E-state index contributed by atoms with van der Waals surface area (Å²) in [4.78, 5) is 33.4. The molecular weight excluding hydrogens is 494 g/mol. The van der Waals surface area contributed by atoms with Gasteiger partial charge in [-0.3, -0.25) is 24.8 Å². The van der Waals surface area contributed by atoms with Crippen LogP contribution in [0, 0.1) is 0 Å². The standard InChI is InChI=1S/C29H25N7OS/c1-17(37)24-6-7-25(38-24)28-27-23(8-9-31-28)32-29(33-27)26-21-13-19(4-5-22(21)34-35-26)20-12-18(14-30-15-20)16-36-10-2-3-11-36/h4-9,12-15H,2-3,10-11,16H2,1H3,(H,32,33)(H,34,35). The number of ketones is 1. The number of carbonyl (C=O) groups is 1. The van der Waals surface area contributed by atoms with Crippen LogP contribution in [0.25, 0.3) is 55.2 Å². The molecule has 9 heteroatoms. The number of H-pyrrole nitrogens is 2. The molecule has 1 aliphatic rings. The molecule has 1 saturated heterocycles. The molecule has 188 valence electrons. The molecule has 38 heavy (non-hydrogen) atoms. The minimum atomic E-state index is 0.0479. The molecule has 0 aliphatic carbocycles. The van der Waals surface area contributed by atoms with Crippen molar-refractivity contribution in [2.75, 3.05) is 13.1 Å². The van der Waals surface area contributed by atoms with E-state index in [1.807, 2.05) is 30.6 Å². The van der Waals surface area contributed by atoms with Gasteiger partial charge in [-0.2, -0.15) is 5.10 Å². The largest absolute Gasteiger partial charge is 0.336 e. The van der Waals surface area contributed by atoms with Crippen LogP contribution in [0.4, 0.5) is 0 Å². The molecule has 0 saturated carbocycles. The number of likely N-dealkylation sites (tertiary alicyclic amines) is 1. The number of nitrogens with one attached hydrogen (secondary N) is 2. The molecule has 0 bridgehead atoms. The van der Waals surface area contributed by atoms with Crippen LogP contribution in [0.2, 0.25) is 0 Å². The van der Waals surface area contributed by atoms with Crippen LogP contribution in [0.15, 0.2) is 61.1 Å². The number of hydrogen-bond donors (Lipinski definition) is 2. The predicted octanol–water partition coefficient (Wildman–Crippen LogP) is 6.09. The Morgan fingerprint density at radius 1 is 1.00 bits per heavy atom. The molecule has 7 rings (SSSR count). The van der Waals surface area contributed by atoms with E-state index in [1.165, 1.54) is 29.7 Å². The second-order valence-corrected chi connectivity index (χ2v) is 10.8. The summed E-state index contributed by atoms with van der Waals surface area (Å²) in [6.45, 7) is 4.84. The SMILES string of the molecule is CC(=O)c1ccc(-c2nccc3[nH]c(-c4n[nH]c5ccc(-c6cncc(CN7CCCC7)c6)cc45)nc23)s1. The van der Waals surface area contributed by atoms with Crippen LogP contribution in [-0.2, 0) is 6.54 Å². The van der Waals surface area contributed by atoms with E-state index in [4.69, 9.17) is 4.98 Å². The van der Waals surface area contributed by atoms with Gasteiger partial charge in [-0.15, -0.1) is 11.3 Å². The Balaban J connectivity index is 1.27. The van der Waals surface area contributed by atoms with Gasteiger partial charge >= 0.3 is 0 Å². The lowest BCUT2D eigenvalue weighted by molar-refractivity contribution is 0.102. The lowest BCUT2D eigenvalue weighted by atomic mass is 10.0. The van der Waals surface area contributed by atoms with E-state index < -0.39 is 0 Å². The van der Waals surface area contributed by atoms with Gasteiger partial charge in [0.2, 0.25) is 0 Å². The molecule has 1 fully saturated rings. The number of rotatable bonds is 6. The molecule has 5 aromatic heterocycles. The molecule has 1 aromatic carbocycles. The number of aromatic nitrogens is 6.